The number of aromatic hydroxyl groups is 4. The zero-order chi connectivity index (χ0) is 28.3. The van der Waals surface area contributed by atoms with E-state index in [1.807, 2.05) is 60.7 Å². The van der Waals surface area contributed by atoms with Crippen LogP contribution in [-0.2, 0) is 0 Å². The average Bonchev–Trinajstić information content (AvgIpc) is 2.99. The molecule has 0 unspecified atom stereocenters. The van der Waals surface area contributed by atoms with Crippen molar-refractivity contribution in [2.24, 2.45) is 0 Å². The van der Waals surface area contributed by atoms with Crippen molar-refractivity contribution in [2.75, 3.05) is 0 Å². The van der Waals surface area contributed by atoms with Crippen LogP contribution in [-0.4, -0.2) is 20.4 Å². The molecule has 0 heterocycles. The number of benzene rings is 6. The van der Waals surface area contributed by atoms with Gasteiger partial charge in [-0.2, -0.15) is 0 Å². The molecule has 6 aromatic rings. The first-order chi connectivity index (χ1) is 20.0. The second-order valence-electron chi connectivity index (χ2n) is 9.65. The lowest BCUT2D eigenvalue weighted by Gasteiger charge is -2.19. The molecule has 0 saturated heterocycles. The molecular formula is C36H26O4S. The van der Waals surface area contributed by atoms with Gasteiger partial charge in [-0.25, -0.2) is 0 Å². The van der Waals surface area contributed by atoms with Crippen molar-refractivity contribution in [3.8, 4) is 67.5 Å². The molecule has 5 heteroatoms. The molecule has 0 radical (unpaired) electrons. The van der Waals surface area contributed by atoms with Crippen LogP contribution in [0.5, 0.6) is 23.0 Å². The van der Waals surface area contributed by atoms with Crippen molar-refractivity contribution in [2.45, 2.75) is 9.79 Å². The van der Waals surface area contributed by atoms with Crippen LogP contribution in [0.4, 0.5) is 0 Å². The molecule has 41 heavy (non-hydrogen) atoms. The number of hydrogen-bond donors (Lipinski definition) is 4. The van der Waals surface area contributed by atoms with Crippen LogP contribution in [0.25, 0.3) is 44.5 Å². The second-order valence-corrected chi connectivity index (χ2v) is 10.7. The molecule has 0 atom stereocenters. The normalized spacial score (nSPS) is 10.9. The monoisotopic (exact) mass is 554 g/mol. The second kappa shape index (κ2) is 11.2. The molecule has 0 fully saturated rings. The van der Waals surface area contributed by atoms with Gasteiger partial charge in [-0.05, 0) is 94.0 Å². The Labute approximate surface area is 242 Å². The molecule has 0 aliphatic rings. The lowest BCUT2D eigenvalue weighted by Crippen LogP contribution is -1.92. The third-order valence-electron chi connectivity index (χ3n) is 6.94. The Morgan fingerprint density at radius 1 is 0.317 bits per heavy atom. The number of phenols is 4. The summed E-state index contributed by atoms with van der Waals surface area (Å²) in [6.07, 6.45) is 0. The zero-order valence-corrected chi connectivity index (χ0v) is 22.7. The fourth-order valence-corrected chi connectivity index (χ4v) is 6.16. The van der Waals surface area contributed by atoms with Crippen LogP contribution in [0.1, 0.15) is 0 Å². The maximum atomic E-state index is 10.00. The summed E-state index contributed by atoms with van der Waals surface area (Å²) in [6, 6.07) is 41.0. The van der Waals surface area contributed by atoms with Gasteiger partial charge in [0.15, 0.2) is 0 Å². The molecule has 0 aromatic heterocycles. The van der Waals surface area contributed by atoms with Crippen molar-refractivity contribution in [1.82, 2.24) is 0 Å². The fourth-order valence-electron chi connectivity index (χ4n) is 4.97. The first-order valence-corrected chi connectivity index (χ1v) is 13.9. The predicted octanol–water partition coefficient (Wildman–Crippen LogP) is 9.33. The highest BCUT2D eigenvalue weighted by molar-refractivity contribution is 7.99. The Morgan fingerprint density at radius 3 is 0.927 bits per heavy atom. The summed E-state index contributed by atoms with van der Waals surface area (Å²) in [5.74, 6) is 0.799. The van der Waals surface area contributed by atoms with Gasteiger partial charge in [0.25, 0.3) is 0 Å². The minimum atomic E-state index is 0.196. The number of hydrogen-bond acceptors (Lipinski definition) is 5. The van der Waals surface area contributed by atoms with E-state index in [0.29, 0.717) is 0 Å². The Kier molecular flexibility index (Phi) is 7.11. The predicted molar refractivity (Wildman–Crippen MR) is 165 cm³/mol. The van der Waals surface area contributed by atoms with Crippen LogP contribution in [0.2, 0.25) is 0 Å². The smallest absolute Gasteiger partial charge is 0.115 e. The van der Waals surface area contributed by atoms with Gasteiger partial charge >= 0.3 is 0 Å². The van der Waals surface area contributed by atoms with Gasteiger partial charge in [0.1, 0.15) is 23.0 Å². The van der Waals surface area contributed by atoms with Crippen LogP contribution < -0.4 is 0 Å². The highest BCUT2D eigenvalue weighted by Crippen LogP contribution is 2.47. The summed E-state index contributed by atoms with van der Waals surface area (Å²) >= 11 is 1.64. The molecule has 0 saturated carbocycles. The summed E-state index contributed by atoms with van der Waals surface area (Å²) < 4.78 is 0. The van der Waals surface area contributed by atoms with Gasteiger partial charge in [0, 0.05) is 20.9 Å². The van der Waals surface area contributed by atoms with Crippen molar-refractivity contribution in [3.63, 3.8) is 0 Å². The molecular weight excluding hydrogens is 528 g/mol. The van der Waals surface area contributed by atoms with E-state index < -0.39 is 0 Å². The highest BCUT2D eigenvalue weighted by atomic mass is 32.2. The standard InChI is InChI=1S/C36H26O4S/c37-27-15-7-23(8-16-27)31-3-1-5-33(35(31)25-11-19-29(39)20-12-25)41-34-6-2-4-32(24-9-17-28(38)18-10-24)36(34)26-13-21-30(40)22-14-26/h1-22,37-40H. The van der Waals surface area contributed by atoms with Crippen LogP contribution in [0.3, 0.4) is 0 Å². The van der Waals surface area contributed by atoms with E-state index in [9.17, 15) is 20.4 Å². The summed E-state index contributed by atoms with van der Waals surface area (Å²) in [5.41, 5.74) is 7.85. The Morgan fingerprint density at radius 2 is 0.610 bits per heavy atom. The Balaban J connectivity index is 1.56. The van der Waals surface area contributed by atoms with E-state index in [4.69, 9.17) is 0 Å². The quantitative estimate of drug-likeness (QED) is 0.165. The van der Waals surface area contributed by atoms with E-state index >= 15 is 0 Å². The maximum Gasteiger partial charge on any atom is 0.115 e. The van der Waals surface area contributed by atoms with Crippen molar-refractivity contribution >= 4 is 11.8 Å². The summed E-state index contributed by atoms with van der Waals surface area (Å²) in [5, 5.41) is 39.8. The lowest BCUT2D eigenvalue weighted by molar-refractivity contribution is 0.475. The molecule has 0 bridgehead atoms. The van der Waals surface area contributed by atoms with Gasteiger partial charge in [-0.3, -0.25) is 0 Å². The number of rotatable bonds is 6. The molecule has 0 spiro atoms. The van der Waals surface area contributed by atoms with Crippen LogP contribution in [0, 0.1) is 0 Å². The lowest BCUT2D eigenvalue weighted by atomic mass is 9.94. The van der Waals surface area contributed by atoms with E-state index in [-0.39, 0.29) is 23.0 Å². The summed E-state index contributed by atoms with van der Waals surface area (Å²) in [7, 11) is 0. The van der Waals surface area contributed by atoms with Gasteiger partial charge in [0.05, 0.1) is 0 Å². The molecule has 6 aromatic carbocycles. The maximum absolute atomic E-state index is 10.00. The molecule has 4 nitrogen and oxygen atoms in total. The highest BCUT2D eigenvalue weighted by Gasteiger charge is 2.18. The van der Waals surface area contributed by atoms with Gasteiger partial charge in [-0.15, -0.1) is 0 Å². The van der Waals surface area contributed by atoms with E-state index in [1.54, 1.807) is 60.3 Å². The number of phenolic OH excluding ortho intramolecular Hbond substituents is 4. The summed E-state index contributed by atoms with van der Waals surface area (Å²) in [6.45, 7) is 0. The van der Waals surface area contributed by atoms with Gasteiger partial charge in [-0.1, -0.05) is 84.6 Å². The third kappa shape index (κ3) is 5.49. The first-order valence-electron chi connectivity index (χ1n) is 13.1. The van der Waals surface area contributed by atoms with Crippen molar-refractivity contribution < 1.29 is 20.4 Å². The topological polar surface area (TPSA) is 80.9 Å². The minimum Gasteiger partial charge on any atom is -0.508 e. The van der Waals surface area contributed by atoms with Crippen molar-refractivity contribution in [3.05, 3.63) is 133 Å². The van der Waals surface area contributed by atoms with Crippen LogP contribution in [0.15, 0.2) is 143 Å². The largest absolute Gasteiger partial charge is 0.508 e. The molecule has 0 amide bonds. The molecule has 4 N–H and O–H groups in total. The SMILES string of the molecule is Oc1ccc(-c2cccc(Sc3cccc(-c4ccc(O)cc4)c3-c3ccc(O)cc3)c2-c2ccc(O)cc2)cc1. The van der Waals surface area contributed by atoms with Crippen LogP contribution >= 0.6 is 11.8 Å². The van der Waals surface area contributed by atoms with E-state index in [1.165, 1.54) is 0 Å². The van der Waals surface area contributed by atoms with E-state index in [2.05, 4.69) is 24.3 Å². The fraction of sp³-hybridized carbons (Fsp3) is 0. The van der Waals surface area contributed by atoms with Crippen molar-refractivity contribution in [1.29, 1.82) is 0 Å². The Bertz CT molecular complexity index is 1670. The third-order valence-corrected chi connectivity index (χ3v) is 8.06. The average molecular weight is 555 g/mol. The van der Waals surface area contributed by atoms with Gasteiger partial charge < -0.3 is 20.4 Å². The minimum absolute atomic E-state index is 0.196. The molecule has 0 aliphatic heterocycles. The van der Waals surface area contributed by atoms with Gasteiger partial charge in [0.2, 0.25) is 0 Å². The molecule has 0 aliphatic carbocycles. The zero-order valence-electron chi connectivity index (χ0n) is 21.9. The first kappa shape index (κ1) is 26.1. The Hall–Kier alpha value is -5.13. The summed E-state index contributed by atoms with van der Waals surface area (Å²) in [4.78, 5) is 2.04. The van der Waals surface area contributed by atoms with E-state index in [0.717, 1.165) is 54.3 Å². The molecule has 200 valence electrons. The molecule has 6 rings (SSSR count).